The lowest BCUT2D eigenvalue weighted by Gasteiger charge is -2.12. The van der Waals surface area contributed by atoms with E-state index in [9.17, 15) is 0 Å². The van der Waals surface area contributed by atoms with E-state index in [0.717, 1.165) is 10.8 Å². The van der Waals surface area contributed by atoms with Gasteiger partial charge in [-0.15, -0.1) is 11.8 Å². The Morgan fingerprint density at radius 3 is 2.65 bits per heavy atom. The van der Waals surface area contributed by atoms with Crippen molar-refractivity contribution in [2.75, 3.05) is 5.73 Å². The Labute approximate surface area is 124 Å². The summed E-state index contributed by atoms with van der Waals surface area (Å²) in [6.45, 7) is 6.06. The highest BCUT2D eigenvalue weighted by molar-refractivity contribution is 7.98. The molecule has 2 rings (SSSR count). The number of anilines is 1. The second-order valence-corrected chi connectivity index (χ2v) is 5.92. The average Bonchev–Trinajstić information content (AvgIpc) is 2.40. The van der Waals surface area contributed by atoms with Crippen molar-refractivity contribution >= 4 is 17.4 Å². The summed E-state index contributed by atoms with van der Waals surface area (Å²) in [4.78, 5) is 4.47. The number of nitrogen functional groups attached to an aromatic ring is 1. The number of thioether (sulfide) groups is 1. The molecule has 0 aliphatic carbocycles. The summed E-state index contributed by atoms with van der Waals surface area (Å²) < 4.78 is 5.61. The molecule has 1 aromatic heterocycles. The second kappa shape index (κ2) is 6.66. The molecule has 0 amide bonds. The molecule has 1 heterocycles. The topological polar surface area (TPSA) is 48.1 Å². The van der Waals surface area contributed by atoms with Crippen molar-refractivity contribution in [3.05, 3.63) is 47.5 Å². The first kappa shape index (κ1) is 14.7. The van der Waals surface area contributed by atoms with E-state index in [4.69, 9.17) is 10.5 Å². The summed E-state index contributed by atoms with van der Waals surface area (Å²) in [5.74, 6) is 1.42. The Bertz CT molecular complexity index is 584. The van der Waals surface area contributed by atoms with Gasteiger partial charge in [-0.1, -0.05) is 24.3 Å². The number of hydrogen-bond donors (Lipinski definition) is 1. The number of benzene rings is 1. The van der Waals surface area contributed by atoms with E-state index in [0.29, 0.717) is 11.6 Å². The molecule has 3 nitrogen and oxygen atoms in total. The zero-order chi connectivity index (χ0) is 14.5. The smallest absolute Gasteiger partial charge is 0.238 e. The fourth-order valence-corrected chi connectivity index (χ4v) is 2.70. The third kappa shape index (κ3) is 3.90. The summed E-state index contributed by atoms with van der Waals surface area (Å²) in [5, 5.41) is 0.929. The van der Waals surface area contributed by atoms with E-state index in [1.54, 1.807) is 11.8 Å². The molecule has 2 aromatic rings. The van der Waals surface area contributed by atoms with Crippen LogP contribution >= 0.6 is 11.8 Å². The van der Waals surface area contributed by atoms with Crippen LogP contribution in [0.4, 0.5) is 5.69 Å². The van der Waals surface area contributed by atoms with Gasteiger partial charge in [0.1, 0.15) is 5.03 Å². The Hall–Kier alpha value is -1.68. The summed E-state index contributed by atoms with van der Waals surface area (Å²) in [7, 11) is 0. The molecule has 0 radical (unpaired) electrons. The van der Waals surface area contributed by atoms with Gasteiger partial charge in [0, 0.05) is 5.75 Å². The molecule has 20 heavy (non-hydrogen) atoms. The molecule has 0 bridgehead atoms. The first-order valence-corrected chi connectivity index (χ1v) is 7.65. The van der Waals surface area contributed by atoms with E-state index in [1.807, 2.05) is 26.0 Å². The Balaban J connectivity index is 2.08. The fraction of sp³-hybridized carbons (Fsp3) is 0.312. The van der Waals surface area contributed by atoms with Crippen molar-refractivity contribution in [3.63, 3.8) is 0 Å². The van der Waals surface area contributed by atoms with Crippen LogP contribution in [0.1, 0.15) is 25.0 Å². The molecule has 0 unspecified atom stereocenters. The van der Waals surface area contributed by atoms with Crippen LogP contribution in [0.15, 0.2) is 41.4 Å². The van der Waals surface area contributed by atoms with Crippen LogP contribution in [0.25, 0.3) is 0 Å². The first-order valence-electron chi connectivity index (χ1n) is 6.66. The predicted octanol–water partition coefficient (Wildman–Crippen LogP) is 4.05. The second-order valence-electron chi connectivity index (χ2n) is 4.93. The zero-order valence-corrected chi connectivity index (χ0v) is 12.9. The number of aromatic nitrogens is 1. The van der Waals surface area contributed by atoms with Crippen LogP contribution in [-0.2, 0) is 5.75 Å². The molecular weight excluding hydrogens is 268 g/mol. The van der Waals surface area contributed by atoms with Crippen LogP contribution in [0.5, 0.6) is 5.88 Å². The summed E-state index contributed by atoms with van der Waals surface area (Å²) in [6.07, 6.45) is 0.0708. The van der Waals surface area contributed by atoms with E-state index in [1.165, 1.54) is 11.1 Å². The largest absolute Gasteiger partial charge is 0.473 e. The lowest BCUT2D eigenvalue weighted by Crippen LogP contribution is -2.09. The number of aryl methyl sites for hydroxylation is 1. The standard InChI is InChI=1S/C16H20N2OS/c1-11(2)19-16-14(17)8-9-15(18-16)20-10-13-7-5-4-6-12(13)3/h4-9,11H,10,17H2,1-3H3. The van der Waals surface area contributed by atoms with Gasteiger partial charge in [0.05, 0.1) is 11.8 Å². The summed E-state index contributed by atoms with van der Waals surface area (Å²) in [6, 6.07) is 12.2. The number of ether oxygens (including phenoxy) is 1. The molecule has 0 saturated heterocycles. The quantitative estimate of drug-likeness (QED) is 0.843. The average molecular weight is 288 g/mol. The van der Waals surface area contributed by atoms with Crippen molar-refractivity contribution in [2.45, 2.75) is 37.7 Å². The lowest BCUT2D eigenvalue weighted by atomic mass is 10.1. The number of rotatable bonds is 5. The van der Waals surface area contributed by atoms with Crippen molar-refractivity contribution in [1.29, 1.82) is 0 Å². The highest BCUT2D eigenvalue weighted by Gasteiger charge is 2.07. The SMILES string of the molecule is Cc1ccccc1CSc1ccc(N)c(OC(C)C)n1. The highest BCUT2D eigenvalue weighted by atomic mass is 32.2. The van der Waals surface area contributed by atoms with Gasteiger partial charge in [-0.05, 0) is 44.0 Å². The number of nitrogens with zero attached hydrogens (tertiary/aromatic N) is 1. The maximum Gasteiger partial charge on any atom is 0.238 e. The zero-order valence-electron chi connectivity index (χ0n) is 12.1. The van der Waals surface area contributed by atoms with Crippen LogP contribution in [0.2, 0.25) is 0 Å². The van der Waals surface area contributed by atoms with Gasteiger partial charge in [-0.3, -0.25) is 0 Å². The molecule has 4 heteroatoms. The number of pyridine rings is 1. The van der Waals surface area contributed by atoms with Gasteiger partial charge < -0.3 is 10.5 Å². The minimum Gasteiger partial charge on any atom is -0.473 e. The maximum absolute atomic E-state index is 5.87. The first-order chi connectivity index (χ1) is 9.56. The van der Waals surface area contributed by atoms with Crippen LogP contribution in [-0.4, -0.2) is 11.1 Å². The Morgan fingerprint density at radius 1 is 1.20 bits per heavy atom. The third-order valence-electron chi connectivity index (χ3n) is 2.85. The van der Waals surface area contributed by atoms with Crippen molar-refractivity contribution in [1.82, 2.24) is 4.98 Å². The fourth-order valence-electron chi connectivity index (χ4n) is 1.76. The maximum atomic E-state index is 5.87. The van der Waals surface area contributed by atoms with Gasteiger partial charge in [0.15, 0.2) is 0 Å². The van der Waals surface area contributed by atoms with E-state index >= 15 is 0 Å². The van der Waals surface area contributed by atoms with Gasteiger partial charge in [0.2, 0.25) is 5.88 Å². The molecule has 0 aliphatic heterocycles. The van der Waals surface area contributed by atoms with Gasteiger partial charge in [-0.2, -0.15) is 0 Å². The molecular formula is C16H20N2OS. The van der Waals surface area contributed by atoms with Crippen molar-refractivity contribution in [3.8, 4) is 5.88 Å². The molecule has 106 valence electrons. The molecule has 0 saturated carbocycles. The minimum absolute atomic E-state index is 0.0708. The number of nitrogens with two attached hydrogens (primary N) is 1. The van der Waals surface area contributed by atoms with Gasteiger partial charge in [-0.25, -0.2) is 4.98 Å². The van der Waals surface area contributed by atoms with Gasteiger partial charge in [0.25, 0.3) is 0 Å². The highest BCUT2D eigenvalue weighted by Crippen LogP contribution is 2.27. The normalized spacial score (nSPS) is 10.8. The lowest BCUT2D eigenvalue weighted by molar-refractivity contribution is 0.232. The molecule has 0 atom stereocenters. The monoisotopic (exact) mass is 288 g/mol. The molecule has 1 aromatic carbocycles. The van der Waals surface area contributed by atoms with E-state index in [2.05, 4.69) is 36.2 Å². The van der Waals surface area contributed by atoms with Crippen molar-refractivity contribution in [2.24, 2.45) is 0 Å². The van der Waals surface area contributed by atoms with E-state index in [-0.39, 0.29) is 6.10 Å². The summed E-state index contributed by atoms with van der Waals surface area (Å²) in [5.41, 5.74) is 9.08. The van der Waals surface area contributed by atoms with Crippen LogP contribution < -0.4 is 10.5 Å². The Morgan fingerprint density at radius 2 is 1.95 bits per heavy atom. The minimum atomic E-state index is 0.0708. The number of hydrogen-bond acceptors (Lipinski definition) is 4. The Kier molecular flexibility index (Phi) is 4.90. The molecule has 0 fully saturated rings. The van der Waals surface area contributed by atoms with E-state index < -0.39 is 0 Å². The molecule has 2 N–H and O–H groups in total. The predicted molar refractivity (Wildman–Crippen MR) is 85.2 cm³/mol. The van der Waals surface area contributed by atoms with Gasteiger partial charge >= 0.3 is 0 Å². The third-order valence-corrected chi connectivity index (χ3v) is 3.83. The molecule has 0 aliphatic rings. The molecule has 0 spiro atoms. The van der Waals surface area contributed by atoms with Crippen LogP contribution in [0, 0.1) is 6.92 Å². The van der Waals surface area contributed by atoms with Crippen molar-refractivity contribution < 1.29 is 4.74 Å². The van der Waals surface area contributed by atoms with Crippen LogP contribution in [0.3, 0.4) is 0 Å². The summed E-state index contributed by atoms with van der Waals surface area (Å²) >= 11 is 1.69.